The topological polar surface area (TPSA) is 65.7 Å². The van der Waals surface area contributed by atoms with Gasteiger partial charge >= 0.3 is 6.01 Å². The first kappa shape index (κ1) is 14.3. The molecular formula is C18H15N5O. The summed E-state index contributed by atoms with van der Waals surface area (Å²) in [6, 6.07) is 16.0. The quantitative estimate of drug-likeness (QED) is 0.577. The van der Waals surface area contributed by atoms with Crippen molar-refractivity contribution in [3.63, 3.8) is 0 Å². The minimum Gasteiger partial charge on any atom is -0.423 e. The number of fused-ring (bicyclic) bond motifs is 1. The van der Waals surface area contributed by atoms with Crippen molar-refractivity contribution in [3.8, 4) is 17.4 Å². The van der Waals surface area contributed by atoms with Crippen molar-refractivity contribution in [1.29, 1.82) is 0 Å². The lowest BCUT2D eigenvalue weighted by atomic mass is 10.2. The van der Waals surface area contributed by atoms with Crippen molar-refractivity contribution in [1.82, 2.24) is 25.0 Å². The van der Waals surface area contributed by atoms with Crippen LogP contribution in [0.4, 0.5) is 0 Å². The summed E-state index contributed by atoms with van der Waals surface area (Å²) < 4.78 is 7.56. The third-order valence-corrected chi connectivity index (χ3v) is 3.84. The molecular weight excluding hydrogens is 302 g/mol. The van der Waals surface area contributed by atoms with Gasteiger partial charge in [-0.2, -0.15) is 10.1 Å². The van der Waals surface area contributed by atoms with E-state index in [1.165, 1.54) is 0 Å². The molecule has 0 saturated heterocycles. The summed E-state index contributed by atoms with van der Waals surface area (Å²) in [4.78, 5) is 4.27. The molecule has 0 fully saturated rings. The Bertz CT molecular complexity index is 1010. The van der Waals surface area contributed by atoms with Crippen LogP contribution in [-0.4, -0.2) is 25.0 Å². The summed E-state index contributed by atoms with van der Waals surface area (Å²) in [6.45, 7) is 3.74. The van der Waals surface area contributed by atoms with Crippen molar-refractivity contribution >= 4 is 10.9 Å². The lowest BCUT2D eigenvalue weighted by Gasteiger charge is -2.07. The highest BCUT2D eigenvalue weighted by Gasteiger charge is 2.07. The molecule has 4 aromatic rings. The molecule has 0 aliphatic rings. The molecule has 118 valence electrons. The van der Waals surface area contributed by atoms with Crippen LogP contribution in [0, 0.1) is 13.8 Å². The zero-order valence-electron chi connectivity index (χ0n) is 13.3. The maximum atomic E-state index is 5.66. The molecule has 0 saturated carbocycles. The maximum Gasteiger partial charge on any atom is 0.341 e. The van der Waals surface area contributed by atoms with Crippen LogP contribution in [-0.2, 0) is 0 Å². The molecule has 0 unspecified atom stereocenters. The Morgan fingerprint density at radius 1 is 0.875 bits per heavy atom. The molecule has 0 aliphatic carbocycles. The van der Waals surface area contributed by atoms with E-state index in [0.717, 1.165) is 28.0 Å². The van der Waals surface area contributed by atoms with Gasteiger partial charge in [0.2, 0.25) is 0 Å². The zero-order chi connectivity index (χ0) is 16.5. The highest BCUT2D eigenvalue weighted by Crippen LogP contribution is 2.22. The van der Waals surface area contributed by atoms with E-state index in [4.69, 9.17) is 4.74 Å². The van der Waals surface area contributed by atoms with Crippen molar-refractivity contribution in [3.05, 3.63) is 66.1 Å². The van der Waals surface area contributed by atoms with Crippen LogP contribution in [0.5, 0.6) is 11.8 Å². The molecule has 6 heteroatoms. The minimum atomic E-state index is 0.246. The summed E-state index contributed by atoms with van der Waals surface area (Å²) in [5.41, 5.74) is 3.62. The van der Waals surface area contributed by atoms with E-state index < -0.39 is 0 Å². The van der Waals surface area contributed by atoms with Gasteiger partial charge < -0.3 is 4.74 Å². The molecule has 4 rings (SSSR count). The van der Waals surface area contributed by atoms with E-state index in [0.29, 0.717) is 5.75 Å². The molecule has 2 heterocycles. The summed E-state index contributed by atoms with van der Waals surface area (Å²) in [5.74, 6) is 0.653. The van der Waals surface area contributed by atoms with Crippen LogP contribution in [0.2, 0.25) is 0 Å². The second-order valence-corrected chi connectivity index (χ2v) is 5.48. The van der Waals surface area contributed by atoms with E-state index in [-0.39, 0.29) is 6.01 Å². The number of rotatable bonds is 3. The van der Waals surface area contributed by atoms with Gasteiger partial charge in [0.1, 0.15) is 5.75 Å². The number of aryl methyl sites for hydroxylation is 2. The van der Waals surface area contributed by atoms with Gasteiger partial charge in [0.05, 0.1) is 28.8 Å². The first-order valence-corrected chi connectivity index (χ1v) is 7.60. The first-order chi connectivity index (χ1) is 11.7. The number of hydrogen-bond donors (Lipinski definition) is 0. The van der Waals surface area contributed by atoms with E-state index in [2.05, 4.69) is 20.3 Å². The van der Waals surface area contributed by atoms with Crippen LogP contribution >= 0.6 is 0 Å². The fraction of sp³-hybridized carbons (Fsp3) is 0.111. The van der Waals surface area contributed by atoms with Gasteiger partial charge in [-0.15, -0.1) is 5.10 Å². The number of benzene rings is 2. The van der Waals surface area contributed by atoms with E-state index >= 15 is 0 Å². The van der Waals surface area contributed by atoms with Crippen LogP contribution < -0.4 is 4.74 Å². The fourth-order valence-corrected chi connectivity index (χ4v) is 2.42. The maximum absolute atomic E-state index is 5.66. The summed E-state index contributed by atoms with van der Waals surface area (Å²) in [5, 5.41) is 13.5. The molecule has 2 aromatic carbocycles. The molecule has 0 amide bonds. The van der Waals surface area contributed by atoms with Gasteiger partial charge in [-0.25, -0.2) is 4.68 Å². The largest absolute Gasteiger partial charge is 0.423 e. The van der Waals surface area contributed by atoms with Gasteiger partial charge in [-0.1, -0.05) is 23.3 Å². The van der Waals surface area contributed by atoms with Gasteiger partial charge in [0.15, 0.2) is 0 Å². The Kier molecular flexibility index (Phi) is 3.42. The molecule has 0 atom stereocenters. The van der Waals surface area contributed by atoms with Crippen LogP contribution in [0.3, 0.4) is 0 Å². The van der Waals surface area contributed by atoms with Gasteiger partial charge in [0, 0.05) is 5.39 Å². The van der Waals surface area contributed by atoms with Gasteiger partial charge in [-0.3, -0.25) is 0 Å². The predicted molar refractivity (Wildman–Crippen MR) is 90.4 cm³/mol. The van der Waals surface area contributed by atoms with Gasteiger partial charge in [0.25, 0.3) is 0 Å². The second-order valence-electron chi connectivity index (χ2n) is 5.48. The van der Waals surface area contributed by atoms with Crippen molar-refractivity contribution in [2.45, 2.75) is 13.8 Å². The van der Waals surface area contributed by atoms with Gasteiger partial charge in [-0.05, 0) is 44.2 Å². The Labute approximate surface area is 138 Å². The Morgan fingerprint density at radius 2 is 1.67 bits per heavy atom. The third-order valence-electron chi connectivity index (χ3n) is 3.84. The SMILES string of the molecule is Cc1nnc(Oc2ccc(-n3ncc4ccccc43)cc2)nc1C. The molecule has 0 bridgehead atoms. The summed E-state index contributed by atoms with van der Waals surface area (Å²) in [7, 11) is 0. The molecule has 0 aliphatic heterocycles. The highest BCUT2D eigenvalue weighted by molar-refractivity contribution is 5.80. The fourth-order valence-electron chi connectivity index (χ4n) is 2.42. The van der Waals surface area contributed by atoms with Crippen molar-refractivity contribution in [2.24, 2.45) is 0 Å². The average Bonchev–Trinajstić information content (AvgIpc) is 3.03. The Hall–Kier alpha value is -3.28. The average molecular weight is 317 g/mol. The highest BCUT2D eigenvalue weighted by atomic mass is 16.5. The predicted octanol–water partition coefficient (Wildman–Crippen LogP) is 3.62. The molecule has 6 nitrogen and oxygen atoms in total. The van der Waals surface area contributed by atoms with Crippen LogP contribution in [0.25, 0.3) is 16.6 Å². The number of para-hydroxylation sites is 1. The number of hydrogen-bond acceptors (Lipinski definition) is 5. The lowest BCUT2D eigenvalue weighted by molar-refractivity contribution is 0.430. The normalized spacial score (nSPS) is 10.9. The van der Waals surface area contributed by atoms with E-state index in [9.17, 15) is 0 Å². The standard InChI is InChI=1S/C18H15N5O/c1-12-13(2)21-22-18(20-12)24-16-9-7-15(8-10-16)23-17-6-4-3-5-14(17)11-19-23/h3-11H,1-2H3. The van der Waals surface area contributed by atoms with E-state index in [1.54, 1.807) is 0 Å². The minimum absolute atomic E-state index is 0.246. The van der Waals surface area contributed by atoms with Crippen LogP contribution in [0.15, 0.2) is 54.7 Å². The smallest absolute Gasteiger partial charge is 0.341 e. The monoisotopic (exact) mass is 317 g/mol. The first-order valence-electron chi connectivity index (χ1n) is 7.60. The Morgan fingerprint density at radius 3 is 2.46 bits per heavy atom. The summed E-state index contributed by atoms with van der Waals surface area (Å²) >= 11 is 0. The molecule has 2 aromatic heterocycles. The third kappa shape index (κ3) is 2.58. The van der Waals surface area contributed by atoms with Crippen molar-refractivity contribution < 1.29 is 4.74 Å². The molecule has 0 radical (unpaired) electrons. The second kappa shape index (κ2) is 5.73. The lowest BCUT2D eigenvalue weighted by Crippen LogP contribution is -2.00. The number of aromatic nitrogens is 5. The summed E-state index contributed by atoms with van der Waals surface area (Å²) in [6.07, 6.45) is 1.86. The number of ether oxygens (including phenoxy) is 1. The molecule has 24 heavy (non-hydrogen) atoms. The van der Waals surface area contributed by atoms with Crippen LogP contribution in [0.1, 0.15) is 11.4 Å². The van der Waals surface area contributed by atoms with E-state index in [1.807, 2.05) is 73.3 Å². The molecule has 0 spiro atoms. The molecule has 0 N–H and O–H groups in total. The zero-order valence-corrected chi connectivity index (χ0v) is 13.3. The Balaban J connectivity index is 1.61. The number of nitrogens with zero attached hydrogens (tertiary/aromatic N) is 5. The van der Waals surface area contributed by atoms with Crippen molar-refractivity contribution in [2.75, 3.05) is 0 Å².